The van der Waals surface area contributed by atoms with Crippen LogP contribution >= 0.6 is 0 Å². The molecule has 0 bridgehead atoms. The Morgan fingerprint density at radius 1 is 1.03 bits per heavy atom. The quantitative estimate of drug-likeness (QED) is 0.457. The van der Waals surface area contributed by atoms with Crippen LogP contribution in [0.15, 0.2) is 48.5 Å². The molecule has 0 aliphatic carbocycles. The molecular weight excluding hydrogens is 408 g/mol. The minimum Gasteiger partial charge on any atom is -0.338 e. The molecule has 166 valence electrons. The highest BCUT2D eigenvalue weighted by Crippen LogP contribution is 2.28. The molecule has 4 rings (SSSR count). The van der Waals surface area contributed by atoms with E-state index in [-0.39, 0.29) is 24.3 Å². The fraction of sp³-hybridized carbons (Fsp3) is 0.333. The molecule has 0 saturated carbocycles. The van der Waals surface area contributed by atoms with Gasteiger partial charge < -0.3 is 15.5 Å². The van der Waals surface area contributed by atoms with Crippen LogP contribution in [-0.4, -0.2) is 41.2 Å². The first-order valence-electron chi connectivity index (χ1n) is 10.8. The number of carbonyl (C=O) groups excluding carboxylic acids is 4. The number of piperidine rings is 1. The van der Waals surface area contributed by atoms with Gasteiger partial charge in [0.15, 0.2) is 0 Å². The summed E-state index contributed by atoms with van der Waals surface area (Å²) in [5.74, 6) is -0.947. The molecule has 1 fully saturated rings. The van der Waals surface area contributed by atoms with E-state index in [4.69, 9.17) is 0 Å². The maximum atomic E-state index is 12.9. The molecule has 5 amide bonds. The molecule has 8 heteroatoms. The van der Waals surface area contributed by atoms with Crippen molar-refractivity contribution in [3.05, 3.63) is 70.8 Å². The van der Waals surface area contributed by atoms with E-state index >= 15 is 0 Å². The van der Waals surface area contributed by atoms with Crippen LogP contribution in [0.3, 0.4) is 0 Å². The molecule has 0 spiro atoms. The zero-order valence-corrected chi connectivity index (χ0v) is 17.7. The van der Waals surface area contributed by atoms with E-state index in [9.17, 15) is 19.2 Å². The second kappa shape index (κ2) is 9.64. The van der Waals surface area contributed by atoms with Crippen molar-refractivity contribution in [3.8, 4) is 0 Å². The monoisotopic (exact) mass is 434 g/mol. The number of nitrogens with zero attached hydrogens (tertiary/aromatic N) is 1. The Morgan fingerprint density at radius 2 is 1.84 bits per heavy atom. The molecular formula is C24H26N4O4. The molecule has 1 unspecified atom stereocenters. The van der Waals surface area contributed by atoms with E-state index in [1.807, 2.05) is 30.3 Å². The number of carbonyl (C=O) groups is 4. The summed E-state index contributed by atoms with van der Waals surface area (Å²) in [4.78, 5) is 50.0. The van der Waals surface area contributed by atoms with Crippen molar-refractivity contribution >= 4 is 23.8 Å². The first-order valence-corrected chi connectivity index (χ1v) is 10.8. The second-order valence-corrected chi connectivity index (χ2v) is 8.09. The van der Waals surface area contributed by atoms with Crippen molar-refractivity contribution in [2.75, 3.05) is 6.54 Å². The summed E-state index contributed by atoms with van der Waals surface area (Å²) in [6, 6.07) is 14.7. The third kappa shape index (κ3) is 4.96. The molecule has 2 aromatic rings. The summed E-state index contributed by atoms with van der Waals surface area (Å²) >= 11 is 0. The Labute approximate surface area is 186 Å². The van der Waals surface area contributed by atoms with E-state index in [0.29, 0.717) is 31.6 Å². The fourth-order valence-electron chi connectivity index (χ4n) is 4.10. The standard InChI is InChI=1S/C24H26N4O4/c29-21-11-10-20(22(30)27-21)28-15-18-9-8-17(13-19(18)23(28)31)14-26-24(32)25-12-4-7-16-5-2-1-3-6-16/h1-3,5-6,8-9,13,20H,4,7,10-12,14-15H2,(H2,25,26,32)(H,27,29,30). The molecule has 0 radical (unpaired) electrons. The first-order chi connectivity index (χ1) is 15.5. The Balaban J connectivity index is 1.26. The molecule has 0 aromatic heterocycles. The summed E-state index contributed by atoms with van der Waals surface area (Å²) < 4.78 is 0. The predicted molar refractivity (Wildman–Crippen MR) is 117 cm³/mol. The van der Waals surface area contributed by atoms with Crippen molar-refractivity contribution in [1.29, 1.82) is 0 Å². The minimum absolute atomic E-state index is 0.221. The number of urea groups is 1. The number of fused-ring (bicyclic) bond motifs is 1. The van der Waals surface area contributed by atoms with Gasteiger partial charge in [0.1, 0.15) is 6.04 Å². The van der Waals surface area contributed by atoms with Gasteiger partial charge in [0, 0.05) is 31.6 Å². The molecule has 2 aliphatic heterocycles. The van der Waals surface area contributed by atoms with Gasteiger partial charge in [0.25, 0.3) is 5.91 Å². The lowest BCUT2D eigenvalue weighted by Crippen LogP contribution is -2.52. The summed E-state index contributed by atoms with van der Waals surface area (Å²) in [6.07, 6.45) is 2.31. The summed E-state index contributed by atoms with van der Waals surface area (Å²) in [7, 11) is 0. The van der Waals surface area contributed by atoms with Crippen LogP contribution in [0.1, 0.15) is 46.3 Å². The van der Waals surface area contributed by atoms with E-state index in [1.165, 1.54) is 10.5 Å². The number of hydrogen-bond acceptors (Lipinski definition) is 4. The summed E-state index contributed by atoms with van der Waals surface area (Å²) in [5.41, 5.74) is 3.43. The van der Waals surface area contributed by atoms with Crippen molar-refractivity contribution in [1.82, 2.24) is 20.9 Å². The van der Waals surface area contributed by atoms with E-state index in [0.717, 1.165) is 24.0 Å². The van der Waals surface area contributed by atoms with E-state index in [1.54, 1.807) is 6.07 Å². The highest BCUT2D eigenvalue weighted by atomic mass is 16.2. The van der Waals surface area contributed by atoms with Gasteiger partial charge in [0.2, 0.25) is 11.8 Å². The van der Waals surface area contributed by atoms with Gasteiger partial charge in [-0.05, 0) is 42.0 Å². The number of hydrogen-bond donors (Lipinski definition) is 3. The summed E-state index contributed by atoms with van der Waals surface area (Å²) in [5, 5.41) is 7.96. The molecule has 8 nitrogen and oxygen atoms in total. The molecule has 3 N–H and O–H groups in total. The largest absolute Gasteiger partial charge is 0.338 e. The molecule has 1 atom stereocenters. The van der Waals surface area contributed by atoms with Gasteiger partial charge in [-0.2, -0.15) is 0 Å². The molecule has 2 aliphatic rings. The Bertz CT molecular complexity index is 1040. The van der Waals surface area contributed by atoms with Crippen LogP contribution in [-0.2, 0) is 29.1 Å². The molecule has 2 heterocycles. The van der Waals surface area contributed by atoms with Gasteiger partial charge in [-0.25, -0.2) is 4.79 Å². The Kier molecular flexibility index (Phi) is 6.49. The lowest BCUT2D eigenvalue weighted by Gasteiger charge is -2.29. The van der Waals surface area contributed by atoms with Crippen LogP contribution < -0.4 is 16.0 Å². The average Bonchev–Trinajstić information content (AvgIpc) is 3.12. The van der Waals surface area contributed by atoms with Gasteiger partial charge in [-0.15, -0.1) is 0 Å². The smallest absolute Gasteiger partial charge is 0.315 e. The number of aryl methyl sites for hydroxylation is 1. The molecule has 1 saturated heterocycles. The molecule has 2 aromatic carbocycles. The maximum Gasteiger partial charge on any atom is 0.315 e. The highest BCUT2D eigenvalue weighted by Gasteiger charge is 2.39. The van der Waals surface area contributed by atoms with Crippen molar-refractivity contribution in [3.63, 3.8) is 0 Å². The third-order valence-corrected chi connectivity index (χ3v) is 5.82. The van der Waals surface area contributed by atoms with E-state index < -0.39 is 11.9 Å². The van der Waals surface area contributed by atoms with Crippen LogP contribution in [0.5, 0.6) is 0 Å². The van der Waals surface area contributed by atoms with Crippen LogP contribution in [0, 0.1) is 0 Å². The van der Waals surface area contributed by atoms with E-state index in [2.05, 4.69) is 28.1 Å². The SMILES string of the molecule is O=C1CCC(N2Cc3ccc(CNC(=O)NCCCc4ccccc4)cc3C2=O)C(=O)N1. The Hall–Kier alpha value is -3.68. The van der Waals surface area contributed by atoms with Crippen LogP contribution in [0.4, 0.5) is 4.79 Å². The number of benzene rings is 2. The predicted octanol–water partition coefficient (Wildman–Crippen LogP) is 1.88. The van der Waals surface area contributed by atoms with Crippen molar-refractivity contribution < 1.29 is 19.2 Å². The van der Waals surface area contributed by atoms with Crippen molar-refractivity contribution in [2.45, 2.75) is 44.8 Å². The number of nitrogens with one attached hydrogen (secondary N) is 3. The van der Waals surface area contributed by atoms with Crippen LogP contribution in [0.2, 0.25) is 0 Å². The number of imide groups is 1. The average molecular weight is 434 g/mol. The third-order valence-electron chi connectivity index (χ3n) is 5.82. The summed E-state index contributed by atoms with van der Waals surface area (Å²) in [6.45, 7) is 1.21. The fourth-order valence-corrected chi connectivity index (χ4v) is 4.10. The van der Waals surface area contributed by atoms with Crippen molar-refractivity contribution in [2.24, 2.45) is 0 Å². The minimum atomic E-state index is -0.629. The number of rotatable bonds is 7. The van der Waals surface area contributed by atoms with Gasteiger partial charge in [-0.3, -0.25) is 19.7 Å². The topological polar surface area (TPSA) is 108 Å². The van der Waals surface area contributed by atoms with Gasteiger partial charge >= 0.3 is 6.03 Å². The zero-order valence-electron chi connectivity index (χ0n) is 17.7. The van der Waals surface area contributed by atoms with Gasteiger partial charge in [-0.1, -0.05) is 42.5 Å². The van der Waals surface area contributed by atoms with Crippen LogP contribution in [0.25, 0.3) is 0 Å². The molecule has 32 heavy (non-hydrogen) atoms. The lowest BCUT2D eigenvalue weighted by molar-refractivity contribution is -0.136. The highest BCUT2D eigenvalue weighted by molar-refractivity contribution is 6.05. The zero-order chi connectivity index (χ0) is 22.5. The maximum absolute atomic E-state index is 12.9. The lowest BCUT2D eigenvalue weighted by atomic mass is 10.0. The second-order valence-electron chi connectivity index (χ2n) is 8.09. The number of amides is 5. The first kappa shape index (κ1) is 21.5. The Morgan fingerprint density at radius 3 is 2.62 bits per heavy atom. The van der Waals surface area contributed by atoms with Gasteiger partial charge in [0.05, 0.1) is 0 Å². The normalized spacial score (nSPS) is 17.7.